The zero-order valence-corrected chi connectivity index (χ0v) is 11.8. The molecule has 0 saturated heterocycles. The van der Waals surface area contributed by atoms with Crippen molar-refractivity contribution in [3.8, 4) is 0 Å². The Morgan fingerprint density at radius 3 is 2.83 bits per heavy atom. The Labute approximate surface area is 114 Å². The number of hydrogen-bond acceptors (Lipinski definition) is 2. The number of nitrogens with one attached hydrogen (secondary N) is 1. The number of unbranched alkanes of at least 4 members (excludes halogenated alkanes) is 1. The van der Waals surface area contributed by atoms with Crippen LogP contribution in [0.1, 0.15) is 42.1 Å². The molecule has 18 heavy (non-hydrogen) atoms. The van der Waals surface area contributed by atoms with Crippen LogP contribution in [0.15, 0.2) is 18.2 Å². The first-order valence-corrected chi connectivity index (χ1v) is 6.74. The van der Waals surface area contributed by atoms with E-state index in [1.54, 1.807) is 6.07 Å². The van der Waals surface area contributed by atoms with Gasteiger partial charge in [-0.15, -0.1) is 0 Å². The van der Waals surface area contributed by atoms with Crippen LogP contribution in [0, 0.1) is 6.92 Å². The predicted octanol–water partition coefficient (Wildman–Crippen LogP) is 2.90. The summed E-state index contributed by atoms with van der Waals surface area (Å²) in [5, 5.41) is 3.45. The van der Waals surface area contributed by atoms with E-state index in [-0.39, 0.29) is 11.9 Å². The maximum atomic E-state index is 12.1. The Kier molecular flexibility index (Phi) is 6.16. The van der Waals surface area contributed by atoms with E-state index in [0.29, 0.717) is 17.1 Å². The lowest BCUT2D eigenvalue weighted by atomic mass is 10.1. The number of carbonyl (C=O) groups is 1. The maximum absolute atomic E-state index is 12.1. The van der Waals surface area contributed by atoms with Gasteiger partial charge in [-0.2, -0.15) is 0 Å². The van der Waals surface area contributed by atoms with Gasteiger partial charge in [0.2, 0.25) is 0 Å². The molecule has 1 aromatic carbocycles. The minimum Gasteiger partial charge on any atom is -0.348 e. The molecule has 1 atom stereocenters. The zero-order valence-electron chi connectivity index (χ0n) is 11.0. The second-order valence-corrected chi connectivity index (χ2v) is 4.86. The van der Waals surface area contributed by atoms with Crippen LogP contribution in [0.3, 0.4) is 0 Å². The van der Waals surface area contributed by atoms with Gasteiger partial charge in [0.05, 0.1) is 10.6 Å². The molecule has 1 unspecified atom stereocenters. The number of hydrogen-bond donors (Lipinski definition) is 2. The van der Waals surface area contributed by atoms with Gasteiger partial charge in [0, 0.05) is 12.6 Å². The second kappa shape index (κ2) is 7.39. The first-order valence-electron chi connectivity index (χ1n) is 6.36. The summed E-state index contributed by atoms with van der Waals surface area (Å²) >= 11 is 6.13. The summed E-state index contributed by atoms with van der Waals surface area (Å²) in [4.78, 5) is 12.1. The highest BCUT2D eigenvalue weighted by Crippen LogP contribution is 2.20. The van der Waals surface area contributed by atoms with Gasteiger partial charge in [-0.25, -0.2) is 0 Å². The van der Waals surface area contributed by atoms with Crippen LogP contribution in [-0.4, -0.2) is 18.5 Å². The smallest absolute Gasteiger partial charge is 0.253 e. The number of rotatable bonds is 6. The lowest BCUT2D eigenvalue weighted by Crippen LogP contribution is -2.40. The van der Waals surface area contributed by atoms with Gasteiger partial charge in [0.1, 0.15) is 0 Å². The summed E-state index contributed by atoms with van der Waals surface area (Å²) in [6.45, 7) is 4.46. The normalized spacial score (nSPS) is 12.2. The van der Waals surface area contributed by atoms with E-state index in [4.69, 9.17) is 17.3 Å². The van der Waals surface area contributed by atoms with Crippen molar-refractivity contribution in [3.63, 3.8) is 0 Å². The molecule has 4 heteroatoms. The van der Waals surface area contributed by atoms with Crippen molar-refractivity contribution in [3.05, 3.63) is 34.3 Å². The van der Waals surface area contributed by atoms with Crippen molar-refractivity contribution in [2.45, 2.75) is 39.2 Å². The molecular formula is C14H21ClN2O. The third-order valence-electron chi connectivity index (χ3n) is 2.96. The highest BCUT2D eigenvalue weighted by Gasteiger charge is 2.15. The van der Waals surface area contributed by atoms with E-state index in [2.05, 4.69) is 12.2 Å². The topological polar surface area (TPSA) is 55.1 Å². The third kappa shape index (κ3) is 4.00. The van der Waals surface area contributed by atoms with Gasteiger partial charge in [-0.1, -0.05) is 43.5 Å². The molecule has 0 aliphatic heterocycles. The highest BCUT2D eigenvalue weighted by atomic mass is 35.5. The van der Waals surface area contributed by atoms with E-state index < -0.39 is 0 Å². The predicted molar refractivity (Wildman–Crippen MR) is 76.0 cm³/mol. The Morgan fingerprint density at radius 2 is 2.22 bits per heavy atom. The molecule has 100 valence electrons. The monoisotopic (exact) mass is 268 g/mol. The molecule has 0 spiro atoms. The van der Waals surface area contributed by atoms with E-state index in [1.165, 1.54) is 0 Å². The fraction of sp³-hybridized carbons (Fsp3) is 0.500. The minimum atomic E-state index is -0.143. The van der Waals surface area contributed by atoms with Crippen LogP contribution in [0.5, 0.6) is 0 Å². The fourth-order valence-corrected chi connectivity index (χ4v) is 2.00. The molecule has 0 radical (unpaired) electrons. The van der Waals surface area contributed by atoms with Gasteiger partial charge >= 0.3 is 0 Å². The molecule has 3 nitrogen and oxygen atoms in total. The maximum Gasteiger partial charge on any atom is 0.253 e. The SMILES string of the molecule is CCCCC(CN)NC(=O)c1cccc(C)c1Cl. The molecule has 1 rings (SSSR count). The molecule has 1 amide bonds. The van der Waals surface area contributed by atoms with Crippen molar-refractivity contribution in [1.82, 2.24) is 5.32 Å². The molecule has 0 aromatic heterocycles. The van der Waals surface area contributed by atoms with E-state index in [1.807, 2.05) is 19.1 Å². The van der Waals surface area contributed by atoms with Gasteiger partial charge in [-0.05, 0) is 25.0 Å². The number of amides is 1. The van der Waals surface area contributed by atoms with Crippen LogP contribution in [-0.2, 0) is 0 Å². The molecule has 0 saturated carbocycles. The number of carbonyl (C=O) groups excluding carboxylic acids is 1. The standard InChI is InChI=1S/C14H21ClN2O/c1-3-4-7-11(9-16)17-14(18)12-8-5-6-10(2)13(12)15/h5-6,8,11H,3-4,7,9,16H2,1-2H3,(H,17,18). The summed E-state index contributed by atoms with van der Waals surface area (Å²) in [6.07, 6.45) is 3.06. The highest BCUT2D eigenvalue weighted by molar-refractivity contribution is 6.34. The van der Waals surface area contributed by atoms with Crippen molar-refractivity contribution in [2.24, 2.45) is 5.73 Å². The molecule has 0 aliphatic rings. The summed E-state index contributed by atoms with van der Waals surface area (Å²) in [6, 6.07) is 5.47. The number of nitrogens with two attached hydrogens (primary N) is 1. The van der Waals surface area contributed by atoms with Crippen LogP contribution in [0.4, 0.5) is 0 Å². The van der Waals surface area contributed by atoms with Gasteiger partial charge in [0.15, 0.2) is 0 Å². The molecule has 1 aromatic rings. The number of aryl methyl sites for hydroxylation is 1. The number of halogens is 1. The summed E-state index contributed by atoms with van der Waals surface area (Å²) in [5.41, 5.74) is 7.08. The lowest BCUT2D eigenvalue weighted by molar-refractivity contribution is 0.0936. The third-order valence-corrected chi connectivity index (χ3v) is 3.46. The molecule has 3 N–H and O–H groups in total. The van der Waals surface area contributed by atoms with Gasteiger partial charge in [0.25, 0.3) is 5.91 Å². The Morgan fingerprint density at radius 1 is 1.50 bits per heavy atom. The Bertz CT molecular complexity index is 407. The lowest BCUT2D eigenvalue weighted by Gasteiger charge is -2.17. The summed E-state index contributed by atoms with van der Waals surface area (Å²) < 4.78 is 0. The molecule has 0 fully saturated rings. The second-order valence-electron chi connectivity index (χ2n) is 4.48. The fourth-order valence-electron chi connectivity index (χ4n) is 1.79. The molecule has 0 bridgehead atoms. The molecule has 0 aliphatic carbocycles. The van der Waals surface area contributed by atoms with Crippen molar-refractivity contribution in [1.29, 1.82) is 0 Å². The summed E-state index contributed by atoms with van der Waals surface area (Å²) in [7, 11) is 0. The van der Waals surface area contributed by atoms with Gasteiger partial charge < -0.3 is 11.1 Å². The van der Waals surface area contributed by atoms with Crippen LogP contribution in [0.2, 0.25) is 5.02 Å². The van der Waals surface area contributed by atoms with Crippen LogP contribution >= 0.6 is 11.6 Å². The average Bonchev–Trinajstić information content (AvgIpc) is 2.37. The first-order chi connectivity index (χ1) is 8.60. The van der Waals surface area contributed by atoms with Crippen molar-refractivity contribution < 1.29 is 4.79 Å². The van der Waals surface area contributed by atoms with E-state index in [9.17, 15) is 4.79 Å². The van der Waals surface area contributed by atoms with E-state index in [0.717, 1.165) is 24.8 Å². The van der Waals surface area contributed by atoms with Crippen LogP contribution in [0.25, 0.3) is 0 Å². The van der Waals surface area contributed by atoms with Crippen molar-refractivity contribution in [2.75, 3.05) is 6.54 Å². The number of benzene rings is 1. The Hall–Kier alpha value is -1.06. The van der Waals surface area contributed by atoms with Crippen molar-refractivity contribution >= 4 is 17.5 Å². The largest absolute Gasteiger partial charge is 0.348 e. The summed E-state index contributed by atoms with van der Waals surface area (Å²) in [5.74, 6) is -0.143. The van der Waals surface area contributed by atoms with Gasteiger partial charge in [-0.3, -0.25) is 4.79 Å². The van der Waals surface area contributed by atoms with E-state index >= 15 is 0 Å². The first kappa shape index (κ1) is 15.0. The molecule has 0 heterocycles. The minimum absolute atomic E-state index is 0.0222. The Balaban J connectivity index is 2.72. The zero-order chi connectivity index (χ0) is 13.5. The molecular weight excluding hydrogens is 248 g/mol. The van der Waals surface area contributed by atoms with Crippen LogP contribution < -0.4 is 11.1 Å². The quantitative estimate of drug-likeness (QED) is 0.834. The average molecular weight is 269 g/mol.